The van der Waals surface area contributed by atoms with Crippen LogP contribution in [-0.4, -0.2) is 17.9 Å². The Morgan fingerprint density at radius 3 is 2.26 bits per heavy atom. The molecule has 0 aliphatic heterocycles. The molecule has 1 atom stereocenters. The number of ether oxygens (including phenoxy) is 1. The van der Waals surface area contributed by atoms with Gasteiger partial charge in [-0.2, -0.15) is 13.2 Å². The Bertz CT molecular complexity index is 429. The standard InChI is InChI=1S/C14H19F3O2/c1-4-8-19-11-6-7-12(10(3)9-11)13(18,5-2)14(15,16)17/h6-7,9,18H,4-5,8H2,1-3H3. The molecule has 0 fully saturated rings. The molecule has 0 spiro atoms. The molecule has 0 amide bonds. The molecule has 0 aliphatic carbocycles. The Hall–Kier alpha value is -1.23. The molecule has 0 aromatic heterocycles. The SMILES string of the molecule is CCCOc1ccc(C(O)(CC)C(F)(F)F)c(C)c1. The first-order valence-corrected chi connectivity index (χ1v) is 6.29. The van der Waals surface area contributed by atoms with E-state index in [2.05, 4.69) is 0 Å². The fourth-order valence-electron chi connectivity index (χ4n) is 1.95. The molecule has 0 radical (unpaired) electrons. The number of hydrogen-bond donors (Lipinski definition) is 1. The first kappa shape index (κ1) is 15.8. The van der Waals surface area contributed by atoms with Gasteiger partial charge in [0, 0.05) is 0 Å². The number of hydrogen-bond acceptors (Lipinski definition) is 2. The van der Waals surface area contributed by atoms with Crippen LogP contribution in [0.25, 0.3) is 0 Å². The molecule has 0 saturated heterocycles. The topological polar surface area (TPSA) is 29.5 Å². The minimum absolute atomic E-state index is 0.119. The predicted molar refractivity (Wildman–Crippen MR) is 67.2 cm³/mol. The summed E-state index contributed by atoms with van der Waals surface area (Å²) >= 11 is 0. The van der Waals surface area contributed by atoms with Crippen LogP contribution < -0.4 is 4.74 Å². The van der Waals surface area contributed by atoms with Gasteiger partial charge < -0.3 is 9.84 Å². The zero-order chi connectivity index (χ0) is 14.7. The molecule has 1 aromatic carbocycles. The third-order valence-electron chi connectivity index (χ3n) is 3.10. The van der Waals surface area contributed by atoms with Gasteiger partial charge in [0.15, 0.2) is 5.60 Å². The monoisotopic (exact) mass is 276 g/mol. The molecule has 19 heavy (non-hydrogen) atoms. The van der Waals surface area contributed by atoms with Crippen LogP contribution in [0, 0.1) is 6.92 Å². The Labute approximate surface area is 111 Å². The first-order chi connectivity index (χ1) is 8.76. The smallest absolute Gasteiger partial charge is 0.421 e. The number of halogens is 3. The van der Waals surface area contributed by atoms with Gasteiger partial charge in [0.1, 0.15) is 5.75 Å². The normalized spacial score (nSPS) is 15.1. The number of aryl methyl sites for hydroxylation is 1. The van der Waals surface area contributed by atoms with Gasteiger partial charge in [-0.05, 0) is 43.0 Å². The lowest BCUT2D eigenvalue weighted by Gasteiger charge is -2.31. The summed E-state index contributed by atoms with van der Waals surface area (Å²) in [6.07, 6.45) is -4.30. The van der Waals surface area contributed by atoms with Crippen LogP contribution >= 0.6 is 0 Å². The van der Waals surface area contributed by atoms with Crippen molar-refractivity contribution in [1.29, 1.82) is 0 Å². The van der Waals surface area contributed by atoms with E-state index in [9.17, 15) is 18.3 Å². The third kappa shape index (κ3) is 3.21. The number of alkyl halides is 3. The molecule has 1 rings (SSSR count). The van der Waals surface area contributed by atoms with Crippen LogP contribution in [0.15, 0.2) is 18.2 Å². The van der Waals surface area contributed by atoms with E-state index in [0.717, 1.165) is 6.42 Å². The highest BCUT2D eigenvalue weighted by Crippen LogP contribution is 2.43. The van der Waals surface area contributed by atoms with Crippen molar-refractivity contribution in [2.45, 2.75) is 45.4 Å². The highest BCUT2D eigenvalue weighted by molar-refractivity contribution is 5.39. The van der Waals surface area contributed by atoms with E-state index >= 15 is 0 Å². The fourth-order valence-corrected chi connectivity index (χ4v) is 1.95. The van der Waals surface area contributed by atoms with Crippen LogP contribution in [0.1, 0.15) is 37.8 Å². The van der Waals surface area contributed by atoms with Crippen LogP contribution in [0.4, 0.5) is 13.2 Å². The van der Waals surface area contributed by atoms with Gasteiger partial charge in [-0.1, -0.05) is 19.9 Å². The van der Waals surface area contributed by atoms with Crippen LogP contribution in [-0.2, 0) is 5.60 Å². The van der Waals surface area contributed by atoms with Crippen molar-refractivity contribution in [1.82, 2.24) is 0 Å². The quantitative estimate of drug-likeness (QED) is 0.882. The van der Waals surface area contributed by atoms with Gasteiger partial charge in [-0.25, -0.2) is 0 Å². The molecule has 5 heteroatoms. The maximum Gasteiger partial charge on any atom is 0.421 e. The molecule has 1 N–H and O–H groups in total. The number of benzene rings is 1. The van der Waals surface area contributed by atoms with Crippen LogP contribution in [0.3, 0.4) is 0 Å². The van der Waals surface area contributed by atoms with Gasteiger partial charge in [-0.3, -0.25) is 0 Å². The van der Waals surface area contributed by atoms with E-state index < -0.39 is 18.2 Å². The lowest BCUT2D eigenvalue weighted by molar-refractivity contribution is -0.268. The Kier molecular flexibility index (Phi) is 4.85. The van der Waals surface area contributed by atoms with Gasteiger partial charge in [0.25, 0.3) is 0 Å². The maximum absolute atomic E-state index is 13.0. The molecular weight excluding hydrogens is 257 g/mol. The lowest BCUT2D eigenvalue weighted by Crippen LogP contribution is -2.42. The summed E-state index contributed by atoms with van der Waals surface area (Å²) < 4.78 is 44.3. The zero-order valence-electron chi connectivity index (χ0n) is 11.3. The average molecular weight is 276 g/mol. The highest BCUT2D eigenvalue weighted by Gasteiger charge is 2.54. The fraction of sp³-hybridized carbons (Fsp3) is 0.571. The second-order valence-corrected chi connectivity index (χ2v) is 4.54. The van der Waals surface area contributed by atoms with Crippen molar-refractivity contribution in [3.8, 4) is 5.75 Å². The van der Waals surface area contributed by atoms with Crippen molar-refractivity contribution >= 4 is 0 Å². The minimum atomic E-state index is -4.70. The summed E-state index contributed by atoms with van der Waals surface area (Å²) in [6.45, 7) is 5.31. The van der Waals surface area contributed by atoms with E-state index in [4.69, 9.17) is 4.74 Å². The average Bonchev–Trinajstić information content (AvgIpc) is 2.34. The van der Waals surface area contributed by atoms with Gasteiger partial charge in [0.2, 0.25) is 0 Å². The van der Waals surface area contributed by atoms with Gasteiger partial charge in [-0.15, -0.1) is 0 Å². The lowest BCUT2D eigenvalue weighted by atomic mass is 9.87. The molecule has 1 unspecified atom stereocenters. The summed E-state index contributed by atoms with van der Waals surface area (Å²) in [5.74, 6) is 0.517. The molecule has 1 aromatic rings. The molecule has 0 aliphatic rings. The second kappa shape index (κ2) is 5.82. The summed E-state index contributed by atoms with van der Waals surface area (Å²) in [5.41, 5.74) is -2.55. The maximum atomic E-state index is 13.0. The van der Waals surface area contributed by atoms with Crippen molar-refractivity contribution in [3.63, 3.8) is 0 Å². The Morgan fingerprint density at radius 1 is 1.21 bits per heavy atom. The minimum Gasteiger partial charge on any atom is -0.494 e. The molecular formula is C14H19F3O2. The van der Waals surface area contributed by atoms with Crippen molar-refractivity contribution < 1.29 is 23.0 Å². The summed E-state index contributed by atoms with van der Waals surface area (Å²) in [6, 6.07) is 4.28. The molecule has 0 bridgehead atoms. The van der Waals surface area contributed by atoms with Crippen LogP contribution in [0.2, 0.25) is 0 Å². The Morgan fingerprint density at radius 2 is 1.84 bits per heavy atom. The third-order valence-corrected chi connectivity index (χ3v) is 3.10. The summed E-state index contributed by atoms with van der Waals surface area (Å²) in [5, 5.41) is 9.91. The molecule has 0 heterocycles. The first-order valence-electron chi connectivity index (χ1n) is 6.29. The zero-order valence-corrected chi connectivity index (χ0v) is 11.3. The van der Waals surface area contributed by atoms with E-state index in [1.54, 1.807) is 6.92 Å². The number of aliphatic hydroxyl groups is 1. The second-order valence-electron chi connectivity index (χ2n) is 4.54. The van der Waals surface area contributed by atoms with E-state index in [1.807, 2.05) is 6.92 Å². The van der Waals surface area contributed by atoms with E-state index in [1.165, 1.54) is 25.1 Å². The largest absolute Gasteiger partial charge is 0.494 e. The van der Waals surface area contributed by atoms with Crippen molar-refractivity contribution in [3.05, 3.63) is 29.3 Å². The molecule has 0 saturated carbocycles. The molecule has 2 nitrogen and oxygen atoms in total. The van der Waals surface area contributed by atoms with Crippen LogP contribution in [0.5, 0.6) is 5.75 Å². The van der Waals surface area contributed by atoms with Crippen molar-refractivity contribution in [2.75, 3.05) is 6.61 Å². The Balaban J connectivity index is 3.14. The predicted octanol–water partition coefficient (Wildman–Crippen LogP) is 3.94. The highest BCUT2D eigenvalue weighted by atomic mass is 19.4. The molecule has 108 valence electrons. The van der Waals surface area contributed by atoms with E-state index in [-0.39, 0.29) is 5.56 Å². The van der Waals surface area contributed by atoms with Gasteiger partial charge >= 0.3 is 6.18 Å². The number of rotatable bonds is 5. The van der Waals surface area contributed by atoms with E-state index in [0.29, 0.717) is 17.9 Å². The summed E-state index contributed by atoms with van der Waals surface area (Å²) in [7, 11) is 0. The van der Waals surface area contributed by atoms with Gasteiger partial charge in [0.05, 0.1) is 6.61 Å². The van der Waals surface area contributed by atoms with Crippen molar-refractivity contribution in [2.24, 2.45) is 0 Å². The summed E-state index contributed by atoms with van der Waals surface area (Å²) in [4.78, 5) is 0.